The molecule has 0 aliphatic rings. The van der Waals surface area contributed by atoms with Gasteiger partial charge in [0, 0.05) is 0 Å². The van der Waals surface area contributed by atoms with Gasteiger partial charge in [0.25, 0.3) is 0 Å². The van der Waals surface area contributed by atoms with Gasteiger partial charge >= 0.3 is 332 Å². The maximum absolute atomic E-state index is 2.50. The summed E-state index contributed by atoms with van der Waals surface area (Å²) in [7, 11) is 0. The summed E-state index contributed by atoms with van der Waals surface area (Å²) >= 11 is 0.206. The maximum atomic E-state index is 2.50. The van der Waals surface area contributed by atoms with Gasteiger partial charge in [-0.05, 0) is 0 Å². The van der Waals surface area contributed by atoms with E-state index in [1.54, 1.807) is 0 Å². The zero-order valence-electron chi connectivity index (χ0n) is 31.0. The van der Waals surface area contributed by atoms with Crippen molar-refractivity contribution in [2.24, 2.45) is 0 Å². The number of rotatable bonds is 4. The van der Waals surface area contributed by atoms with Crippen LogP contribution in [0.3, 0.4) is 0 Å². The fourth-order valence-corrected chi connectivity index (χ4v) is 11.9. The van der Waals surface area contributed by atoms with Gasteiger partial charge in [0.05, 0.1) is 0 Å². The third-order valence-electron chi connectivity index (χ3n) is 12.0. The van der Waals surface area contributed by atoms with Gasteiger partial charge < -0.3 is 0 Å². The molecule has 0 fully saturated rings. The molecule has 12 rings (SSSR count). The summed E-state index contributed by atoms with van der Waals surface area (Å²) in [5, 5.41) is 15.6. The Balaban J connectivity index is 1.05. The summed E-state index contributed by atoms with van der Waals surface area (Å²) in [6, 6.07) is 76.9. The molecule has 0 unspecified atom stereocenters. The minimum atomic E-state index is 0.206. The van der Waals surface area contributed by atoms with Crippen LogP contribution in [-0.2, 0) is 0 Å². The third-order valence-corrected chi connectivity index (χ3v) is 14.4. The first kappa shape index (κ1) is 32.5. The quantitative estimate of drug-likeness (QED) is 0.123. The molecular formula is C56H34Se. The van der Waals surface area contributed by atoms with E-state index in [1.165, 1.54) is 118 Å². The predicted octanol–water partition coefficient (Wildman–Crippen LogP) is 15.5. The standard InChI is InChI=1S/C56H34Se/c1-2-15-36(16-3-1)53-42-18-6-8-20-44(42)55(45-21-9-7-19-43(45)53)39-29-31-51-50(33-39)41-30-28-40(34-52(41)57-51)56-48-24-12-10-22-46(48)54(47-23-11-13-25-49(47)56)38-27-26-35-14-4-5-17-37(35)32-38/h1-34H. The first-order valence-corrected chi connectivity index (χ1v) is 21.4. The number of hydrogen-bond acceptors (Lipinski definition) is 0. The van der Waals surface area contributed by atoms with Crippen molar-refractivity contribution in [2.45, 2.75) is 0 Å². The van der Waals surface area contributed by atoms with Gasteiger partial charge in [-0.1, -0.05) is 6.07 Å². The fourth-order valence-electron chi connectivity index (χ4n) is 9.54. The fraction of sp³-hybridized carbons (Fsp3) is 0. The summed E-state index contributed by atoms with van der Waals surface area (Å²) in [4.78, 5) is 0. The molecule has 0 radical (unpaired) electrons. The third kappa shape index (κ3) is 5.07. The van der Waals surface area contributed by atoms with Crippen LogP contribution in [-0.4, -0.2) is 14.5 Å². The van der Waals surface area contributed by atoms with Crippen LogP contribution in [0.2, 0.25) is 0 Å². The zero-order valence-corrected chi connectivity index (χ0v) is 32.8. The van der Waals surface area contributed by atoms with Crippen molar-refractivity contribution in [3.63, 3.8) is 0 Å². The van der Waals surface area contributed by atoms with E-state index in [0.29, 0.717) is 0 Å². The van der Waals surface area contributed by atoms with E-state index in [1.807, 2.05) is 0 Å². The Morgan fingerprint density at radius 1 is 0.211 bits per heavy atom. The Morgan fingerprint density at radius 3 is 1.16 bits per heavy atom. The molecule has 0 spiro atoms. The van der Waals surface area contributed by atoms with Gasteiger partial charge in [-0.15, -0.1) is 0 Å². The zero-order chi connectivity index (χ0) is 37.5. The van der Waals surface area contributed by atoms with Crippen LogP contribution in [0.15, 0.2) is 206 Å². The van der Waals surface area contributed by atoms with Gasteiger partial charge in [0.2, 0.25) is 0 Å². The van der Waals surface area contributed by atoms with Crippen LogP contribution in [0.5, 0.6) is 0 Å². The van der Waals surface area contributed by atoms with E-state index in [9.17, 15) is 0 Å². The van der Waals surface area contributed by atoms with Crippen LogP contribution in [0.25, 0.3) is 118 Å². The molecule has 0 saturated carbocycles. The molecule has 0 nitrogen and oxygen atoms in total. The molecule has 1 heteroatoms. The summed E-state index contributed by atoms with van der Waals surface area (Å²) < 4.78 is 2.90. The van der Waals surface area contributed by atoms with E-state index < -0.39 is 0 Å². The average molecular weight is 786 g/mol. The Morgan fingerprint density at radius 2 is 0.614 bits per heavy atom. The summed E-state index contributed by atoms with van der Waals surface area (Å²) in [5.74, 6) is 0. The van der Waals surface area contributed by atoms with Gasteiger partial charge in [0.1, 0.15) is 0 Å². The van der Waals surface area contributed by atoms with Gasteiger partial charge in [-0.2, -0.15) is 0 Å². The van der Waals surface area contributed by atoms with E-state index in [-0.39, 0.29) is 14.5 Å². The van der Waals surface area contributed by atoms with Crippen LogP contribution >= 0.6 is 0 Å². The van der Waals surface area contributed by atoms with E-state index in [4.69, 9.17) is 0 Å². The second-order valence-corrected chi connectivity index (χ2v) is 17.4. The van der Waals surface area contributed by atoms with E-state index >= 15 is 0 Å². The molecule has 0 saturated heterocycles. The molecule has 11 aromatic carbocycles. The normalized spacial score (nSPS) is 11.9. The monoisotopic (exact) mass is 786 g/mol. The summed E-state index contributed by atoms with van der Waals surface area (Å²) in [6.07, 6.45) is 0. The minimum absolute atomic E-state index is 0.206. The van der Waals surface area contributed by atoms with E-state index in [0.717, 1.165) is 0 Å². The molecule has 0 aliphatic carbocycles. The van der Waals surface area contributed by atoms with Crippen molar-refractivity contribution in [3.8, 4) is 44.5 Å². The molecule has 1 aromatic heterocycles. The Hall–Kier alpha value is -6.76. The Labute approximate surface area is 336 Å². The molecule has 0 aliphatic heterocycles. The van der Waals surface area contributed by atoms with Crippen LogP contribution < -0.4 is 0 Å². The molecule has 0 bridgehead atoms. The van der Waals surface area contributed by atoms with E-state index in [2.05, 4.69) is 206 Å². The summed E-state index contributed by atoms with van der Waals surface area (Å²) in [6.45, 7) is 0. The van der Waals surface area contributed by atoms with Crippen LogP contribution in [0.1, 0.15) is 0 Å². The molecule has 0 atom stereocenters. The number of fused-ring (bicyclic) bond motifs is 8. The van der Waals surface area contributed by atoms with Crippen molar-refractivity contribution in [1.29, 1.82) is 0 Å². The topological polar surface area (TPSA) is 0 Å². The van der Waals surface area contributed by atoms with Crippen molar-refractivity contribution in [3.05, 3.63) is 206 Å². The van der Waals surface area contributed by atoms with Crippen molar-refractivity contribution in [2.75, 3.05) is 0 Å². The summed E-state index contributed by atoms with van der Waals surface area (Å²) in [5.41, 5.74) is 10.3. The molecule has 12 aromatic rings. The Kier molecular flexibility index (Phi) is 7.35. The molecule has 1 heterocycles. The molecule has 0 amide bonds. The van der Waals surface area contributed by atoms with Gasteiger partial charge in [0.15, 0.2) is 0 Å². The molecule has 57 heavy (non-hydrogen) atoms. The van der Waals surface area contributed by atoms with Crippen molar-refractivity contribution in [1.82, 2.24) is 0 Å². The molecule has 0 N–H and O–H groups in total. The van der Waals surface area contributed by atoms with Gasteiger partial charge in [-0.25, -0.2) is 0 Å². The predicted molar refractivity (Wildman–Crippen MR) is 248 cm³/mol. The van der Waals surface area contributed by atoms with Crippen molar-refractivity contribution >= 4 is 87.7 Å². The average Bonchev–Trinajstić information content (AvgIpc) is 3.64. The van der Waals surface area contributed by atoms with Crippen LogP contribution in [0.4, 0.5) is 0 Å². The first-order chi connectivity index (χ1) is 28.3. The first-order valence-electron chi connectivity index (χ1n) is 19.7. The second-order valence-electron chi connectivity index (χ2n) is 15.1. The molecular weight excluding hydrogens is 752 g/mol. The van der Waals surface area contributed by atoms with Crippen LogP contribution in [0, 0.1) is 0 Å². The number of hydrogen-bond donors (Lipinski definition) is 0. The number of benzene rings is 11. The van der Waals surface area contributed by atoms with Gasteiger partial charge in [-0.3, -0.25) is 0 Å². The Bertz CT molecular complexity index is 3460. The SMILES string of the molecule is c1ccc(-c2c3ccccc3c(-c3ccc4[se]c5cc(-c6c7ccccc7c(-c7ccc8ccccc8c7)c7ccccc67)ccc5c4c3)c3ccccc23)cc1. The van der Waals surface area contributed by atoms with Crippen molar-refractivity contribution < 1.29 is 0 Å². The molecule has 264 valence electrons. The second kappa shape index (κ2) is 12.9.